The number of allylic oxidation sites excluding steroid dienone is 2. The van der Waals surface area contributed by atoms with Gasteiger partial charge in [-0.2, -0.15) is 0 Å². The molecule has 264 valence electrons. The first-order valence-corrected chi connectivity index (χ1v) is 19.2. The summed E-state index contributed by atoms with van der Waals surface area (Å²) in [6.45, 7) is 17.8. The second kappa shape index (κ2) is 14.3. The summed E-state index contributed by atoms with van der Waals surface area (Å²) in [6.07, 6.45) is 14.3. The Hall–Kier alpha value is -4.82. The van der Waals surface area contributed by atoms with E-state index in [1.807, 2.05) is 0 Å². The zero-order valence-corrected chi connectivity index (χ0v) is 32.4. The van der Waals surface area contributed by atoms with E-state index in [0.717, 1.165) is 11.0 Å². The van der Waals surface area contributed by atoms with Crippen molar-refractivity contribution in [2.45, 2.75) is 92.9 Å². The maximum atomic E-state index is 5.09. The SMILES string of the molecule is Cc1ccc(-c2c(/C=C/C(C)(C)C)c(C3CC3)nc3ccccc23)cc1.Cc1ccc(-c2c(C=CC(C)(C)C)c(C3CC3)nc3ccccc23)cc1. The number of hydrogen-bond acceptors (Lipinski definition) is 2. The first kappa shape index (κ1) is 35.6. The lowest BCUT2D eigenvalue weighted by atomic mass is 9.89. The van der Waals surface area contributed by atoms with Crippen molar-refractivity contribution in [2.24, 2.45) is 10.8 Å². The van der Waals surface area contributed by atoms with E-state index in [2.05, 4.69) is 177 Å². The molecule has 2 aliphatic carbocycles. The molecule has 2 heteroatoms. The molecular formula is C50H54N2. The normalized spacial score (nSPS) is 15.1. The van der Waals surface area contributed by atoms with Crippen LogP contribution < -0.4 is 0 Å². The second-order valence-electron chi connectivity index (χ2n) is 17.3. The summed E-state index contributed by atoms with van der Waals surface area (Å²) in [5.41, 5.74) is 15.5. The summed E-state index contributed by atoms with van der Waals surface area (Å²) in [5, 5.41) is 2.49. The van der Waals surface area contributed by atoms with Gasteiger partial charge in [-0.25, -0.2) is 0 Å². The van der Waals surface area contributed by atoms with Gasteiger partial charge in [0.1, 0.15) is 0 Å². The molecule has 4 aromatic carbocycles. The maximum absolute atomic E-state index is 5.09. The molecule has 2 aromatic heterocycles. The number of fused-ring (bicyclic) bond motifs is 2. The fourth-order valence-corrected chi connectivity index (χ4v) is 6.89. The Morgan fingerprint density at radius 3 is 1.15 bits per heavy atom. The van der Waals surface area contributed by atoms with E-state index in [9.17, 15) is 0 Å². The van der Waals surface area contributed by atoms with Gasteiger partial charge >= 0.3 is 0 Å². The average molecular weight is 683 g/mol. The van der Waals surface area contributed by atoms with Crippen molar-refractivity contribution in [3.8, 4) is 22.3 Å². The third-order valence-corrected chi connectivity index (χ3v) is 10.0. The summed E-state index contributed by atoms with van der Waals surface area (Å²) in [6, 6.07) is 35.0. The van der Waals surface area contributed by atoms with Gasteiger partial charge in [-0.1, -0.05) is 162 Å². The van der Waals surface area contributed by atoms with Gasteiger partial charge in [0.2, 0.25) is 0 Å². The smallest absolute Gasteiger partial charge is 0.0712 e. The number of aryl methyl sites for hydroxylation is 2. The van der Waals surface area contributed by atoms with Crippen LogP contribution in [0.3, 0.4) is 0 Å². The predicted molar refractivity (Wildman–Crippen MR) is 225 cm³/mol. The molecule has 0 bridgehead atoms. The molecule has 8 rings (SSSR count). The van der Waals surface area contributed by atoms with E-state index < -0.39 is 0 Å². The van der Waals surface area contributed by atoms with Crippen LogP contribution in [-0.2, 0) is 0 Å². The van der Waals surface area contributed by atoms with Crippen molar-refractivity contribution < 1.29 is 0 Å². The van der Waals surface area contributed by atoms with Gasteiger partial charge in [0, 0.05) is 44.9 Å². The molecule has 2 nitrogen and oxygen atoms in total. The molecule has 2 heterocycles. The van der Waals surface area contributed by atoms with Crippen LogP contribution in [0.2, 0.25) is 0 Å². The van der Waals surface area contributed by atoms with Crippen LogP contribution in [0.5, 0.6) is 0 Å². The Morgan fingerprint density at radius 2 is 0.827 bits per heavy atom. The van der Waals surface area contributed by atoms with E-state index >= 15 is 0 Å². The molecule has 2 saturated carbocycles. The van der Waals surface area contributed by atoms with Gasteiger partial charge in [0.15, 0.2) is 0 Å². The Labute approximate surface area is 311 Å². The highest BCUT2D eigenvalue weighted by Gasteiger charge is 2.31. The van der Waals surface area contributed by atoms with Crippen molar-refractivity contribution in [3.05, 3.63) is 143 Å². The van der Waals surface area contributed by atoms with Gasteiger partial charge in [0.05, 0.1) is 22.4 Å². The summed E-state index contributed by atoms with van der Waals surface area (Å²) in [5.74, 6) is 1.23. The third-order valence-electron chi connectivity index (χ3n) is 10.0. The maximum Gasteiger partial charge on any atom is 0.0712 e. The van der Waals surface area contributed by atoms with Gasteiger partial charge in [-0.3, -0.25) is 9.97 Å². The largest absolute Gasteiger partial charge is 0.252 e. The number of pyridine rings is 2. The highest BCUT2D eigenvalue weighted by molar-refractivity contribution is 6.00. The molecular weight excluding hydrogens is 629 g/mol. The quantitative estimate of drug-likeness (QED) is 0.175. The molecule has 0 aliphatic heterocycles. The number of rotatable bonds is 6. The zero-order chi connectivity index (χ0) is 36.6. The second-order valence-corrected chi connectivity index (χ2v) is 17.3. The van der Waals surface area contributed by atoms with Crippen LogP contribution in [-0.4, -0.2) is 9.97 Å². The number of nitrogens with zero attached hydrogens (tertiary/aromatic N) is 2. The lowest BCUT2D eigenvalue weighted by Gasteiger charge is -2.17. The Kier molecular flexibility index (Phi) is 9.79. The minimum Gasteiger partial charge on any atom is -0.252 e. The van der Waals surface area contributed by atoms with E-state index in [-0.39, 0.29) is 10.8 Å². The van der Waals surface area contributed by atoms with E-state index in [0.29, 0.717) is 11.8 Å². The number of aromatic nitrogens is 2. The van der Waals surface area contributed by atoms with Gasteiger partial charge in [-0.05, 0) is 73.6 Å². The van der Waals surface area contributed by atoms with Gasteiger partial charge in [-0.15, -0.1) is 0 Å². The Balaban J connectivity index is 0.000000162. The summed E-state index contributed by atoms with van der Waals surface area (Å²) >= 11 is 0. The molecule has 6 aromatic rings. The van der Waals surface area contributed by atoms with E-state index in [1.54, 1.807) is 0 Å². The third kappa shape index (κ3) is 8.28. The van der Waals surface area contributed by atoms with Crippen molar-refractivity contribution in [2.75, 3.05) is 0 Å². The number of benzene rings is 4. The number of hydrogen-bond donors (Lipinski definition) is 0. The van der Waals surface area contributed by atoms with Crippen LogP contribution in [0.4, 0.5) is 0 Å². The minimum atomic E-state index is 0.150. The average Bonchev–Trinajstić information content (AvgIpc) is 4.04. The van der Waals surface area contributed by atoms with Crippen LogP contribution >= 0.6 is 0 Å². The lowest BCUT2D eigenvalue weighted by molar-refractivity contribution is 0.547. The van der Waals surface area contributed by atoms with Crippen molar-refractivity contribution in [1.29, 1.82) is 0 Å². The van der Waals surface area contributed by atoms with Crippen LogP contribution in [0.15, 0.2) is 109 Å². The topological polar surface area (TPSA) is 25.8 Å². The summed E-state index contributed by atoms with van der Waals surface area (Å²) in [7, 11) is 0. The van der Waals surface area contributed by atoms with Crippen LogP contribution in [0.25, 0.3) is 56.2 Å². The molecule has 0 radical (unpaired) electrons. The van der Waals surface area contributed by atoms with Crippen LogP contribution in [0, 0.1) is 24.7 Å². The summed E-state index contributed by atoms with van der Waals surface area (Å²) < 4.78 is 0. The fourth-order valence-electron chi connectivity index (χ4n) is 6.89. The Morgan fingerprint density at radius 1 is 0.481 bits per heavy atom. The van der Waals surface area contributed by atoms with Crippen LogP contribution in [0.1, 0.15) is 113 Å². The zero-order valence-electron chi connectivity index (χ0n) is 32.4. The van der Waals surface area contributed by atoms with Gasteiger partial charge < -0.3 is 0 Å². The molecule has 0 N–H and O–H groups in total. The monoisotopic (exact) mass is 682 g/mol. The minimum absolute atomic E-state index is 0.150. The van der Waals surface area contributed by atoms with Crippen molar-refractivity contribution in [3.63, 3.8) is 0 Å². The molecule has 0 spiro atoms. The lowest BCUT2D eigenvalue weighted by Crippen LogP contribution is -2.01. The molecule has 0 unspecified atom stereocenters. The predicted octanol–water partition coefficient (Wildman–Crippen LogP) is 14.3. The first-order valence-electron chi connectivity index (χ1n) is 19.2. The molecule has 52 heavy (non-hydrogen) atoms. The fraction of sp³-hybridized carbons (Fsp3) is 0.320. The molecule has 2 aliphatic rings. The highest BCUT2D eigenvalue weighted by atomic mass is 14.7. The van der Waals surface area contributed by atoms with Crippen molar-refractivity contribution >= 4 is 34.0 Å². The summed E-state index contributed by atoms with van der Waals surface area (Å²) in [4.78, 5) is 10.2. The molecule has 0 atom stereocenters. The highest BCUT2D eigenvalue weighted by Crippen LogP contribution is 2.47. The molecule has 0 saturated heterocycles. The number of para-hydroxylation sites is 2. The molecule has 2 fully saturated rings. The standard InChI is InChI=1S/2C25H27N/c2*1-17-9-11-18(12-10-17)23-20-7-5-6-8-22(20)26-24(19-13-14-19)21(23)15-16-25(2,3)4/h2*5-12,15-16,19H,13-14H2,1-4H3/b16-15+;. The van der Waals surface area contributed by atoms with Gasteiger partial charge in [0.25, 0.3) is 0 Å². The van der Waals surface area contributed by atoms with Crippen molar-refractivity contribution in [1.82, 2.24) is 9.97 Å². The van der Waals surface area contributed by atoms with E-state index in [4.69, 9.17) is 9.97 Å². The Bertz CT molecular complexity index is 2100. The van der Waals surface area contributed by atoms with E-state index in [1.165, 1.54) is 92.4 Å². The molecule has 0 amide bonds. The first-order chi connectivity index (χ1) is 24.8.